The topological polar surface area (TPSA) is 46.6 Å². The summed E-state index contributed by atoms with van der Waals surface area (Å²) < 4.78 is 17.3. The minimum Gasteiger partial charge on any atom is -0.469 e. The van der Waals surface area contributed by atoms with E-state index in [2.05, 4.69) is 4.74 Å². The SMILES string of the molecule is COC(=O)CCCN(C)C(=O)CCc1ccc(F)cc1. The van der Waals surface area contributed by atoms with Crippen molar-refractivity contribution in [3.63, 3.8) is 0 Å². The first-order valence-electron chi connectivity index (χ1n) is 6.58. The van der Waals surface area contributed by atoms with Gasteiger partial charge in [-0.2, -0.15) is 0 Å². The molecule has 0 heterocycles. The summed E-state index contributed by atoms with van der Waals surface area (Å²) >= 11 is 0. The Balaban J connectivity index is 2.27. The molecule has 0 radical (unpaired) electrons. The number of hydrogen-bond acceptors (Lipinski definition) is 3. The van der Waals surface area contributed by atoms with Gasteiger partial charge in [0.05, 0.1) is 7.11 Å². The number of ether oxygens (including phenoxy) is 1. The van der Waals surface area contributed by atoms with Crippen molar-refractivity contribution in [1.82, 2.24) is 4.90 Å². The molecule has 0 aliphatic rings. The fourth-order valence-corrected chi connectivity index (χ4v) is 1.78. The van der Waals surface area contributed by atoms with E-state index in [4.69, 9.17) is 0 Å². The summed E-state index contributed by atoms with van der Waals surface area (Å²) in [6.45, 7) is 0.525. The zero-order chi connectivity index (χ0) is 15.0. The number of amides is 1. The molecule has 4 nitrogen and oxygen atoms in total. The van der Waals surface area contributed by atoms with Crippen LogP contribution in [0.1, 0.15) is 24.8 Å². The maximum absolute atomic E-state index is 12.7. The first kappa shape index (κ1) is 16.1. The van der Waals surface area contributed by atoms with E-state index < -0.39 is 0 Å². The summed E-state index contributed by atoms with van der Waals surface area (Å²) in [5, 5.41) is 0. The lowest BCUT2D eigenvalue weighted by molar-refractivity contribution is -0.141. The molecule has 0 aliphatic carbocycles. The third-order valence-electron chi connectivity index (χ3n) is 3.07. The molecule has 0 spiro atoms. The number of aryl methyl sites for hydroxylation is 1. The van der Waals surface area contributed by atoms with Gasteiger partial charge in [0.15, 0.2) is 0 Å². The number of methoxy groups -OCH3 is 1. The number of nitrogens with zero attached hydrogens (tertiary/aromatic N) is 1. The number of esters is 1. The zero-order valence-corrected chi connectivity index (χ0v) is 11.9. The van der Waals surface area contributed by atoms with Gasteiger partial charge >= 0.3 is 5.97 Å². The lowest BCUT2D eigenvalue weighted by Crippen LogP contribution is -2.28. The van der Waals surface area contributed by atoms with Crippen molar-refractivity contribution in [2.75, 3.05) is 20.7 Å². The second kappa shape index (κ2) is 8.30. The highest BCUT2D eigenvalue weighted by atomic mass is 19.1. The Morgan fingerprint density at radius 3 is 2.45 bits per heavy atom. The highest BCUT2D eigenvalue weighted by Crippen LogP contribution is 2.07. The number of halogens is 1. The molecule has 0 saturated carbocycles. The van der Waals surface area contributed by atoms with Crippen LogP contribution < -0.4 is 0 Å². The minimum atomic E-state index is -0.278. The van der Waals surface area contributed by atoms with Gasteiger partial charge in [0.2, 0.25) is 5.91 Å². The van der Waals surface area contributed by atoms with Crippen molar-refractivity contribution in [2.45, 2.75) is 25.7 Å². The summed E-state index contributed by atoms with van der Waals surface area (Å²) in [6, 6.07) is 6.14. The van der Waals surface area contributed by atoms with Crippen molar-refractivity contribution in [1.29, 1.82) is 0 Å². The van der Waals surface area contributed by atoms with E-state index in [1.54, 1.807) is 24.1 Å². The second-order valence-electron chi connectivity index (χ2n) is 4.62. The molecule has 20 heavy (non-hydrogen) atoms. The predicted octanol–water partition coefficient (Wildman–Crippen LogP) is 2.17. The lowest BCUT2D eigenvalue weighted by atomic mass is 10.1. The van der Waals surface area contributed by atoms with Crippen molar-refractivity contribution in [3.8, 4) is 0 Å². The van der Waals surface area contributed by atoms with Crippen LogP contribution in [0.25, 0.3) is 0 Å². The largest absolute Gasteiger partial charge is 0.469 e. The highest BCUT2D eigenvalue weighted by Gasteiger charge is 2.09. The molecule has 110 valence electrons. The third kappa shape index (κ3) is 5.82. The van der Waals surface area contributed by atoms with Crippen LogP contribution in [0.15, 0.2) is 24.3 Å². The molecule has 0 atom stereocenters. The predicted molar refractivity (Wildman–Crippen MR) is 73.6 cm³/mol. The standard InChI is InChI=1S/C15H20FNO3/c1-17(11-3-4-15(19)20-2)14(18)10-7-12-5-8-13(16)9-6-12/h5-6,8-9H,3-4,7,10-11H2,1-2H3. The molecule has 0 bridgehead atoms. The lowest BCUT2D eigenvalue weighted by Gasteiger charge is -2.16. The van der Waals surface area contributed by atoms with Crippen LogP contribution in [-0.2, 0) is 20.7 Å². The van der Waals surface area contributed by atoms with E-state index in [0.29, 0.717) is 32.2 Å². The molecule has 0 fully saturated rings. The van der Waals surface area contributed by atoms with E-state index >= 15 is 0 Å². The van der Waals surface area contributed by atoms with Crippen LogP contribution >= 0.6 is 0 Å². The van der Waals surface area contributed by atoms with Gasteiger partial charge in [0.25, 0.3) is 0 Å². The Hall–Kier alpha value is -1.91. The second-order valence-corrected chi connectivity index (χ2v) is 4.62. The zero-order valence-electron chi connectivity index (χ0n) is 11.9. The number of rotatable bonds is 7. The van der Waals surface area contributed by atoms with Gasteiger partial charge in [0.1, 0.15) is 5.82 Å². The quantitative estimate of drug-likeness (QED) is 0.720. The van der Waals surface area contributed by atoms with Crippen molar-refractivity contribution >= 4 is 11.9 Å². The van der Waals surface area contributed by atoms with Gasteiger partial charge in [-0.1, -0.05) is 12.1 Å². The van der Waals surface area contributed by atoms with Crippen molar-refractivity contribution < 1.29 is 18.7 Å². The van der Waals surface area contributed by atoms with Crippen LogP contribution in [0.2, 0.25) is 0 Å². The van der Waals surface area contributed by atoms with E-state index in [1.807, 2.05) is 0 Å². The molecule has 0 N–H and O–H groups in total. The van der Waals surface area contributed by atoms with Gasteiger partial charge in [-0.05, 0) is 30.5 Å². The maximum atomic E-state index is 12.7. The average Bonchev–Trinajstić information content (AvgIpc) is 2.45. The van der Waals surface area contributed by atoms with Crippen LogP contribution in [0.4, 0.5) is 4.39 Å². The monoisotopic (exact) mass is 281 g/mol. The average molecular weight is 281 g/mol. The van der Waals surface area contributed by atoms with Gasteiger partial charge < -0.3 is 9.64 Å². The molecule has 5 heteroatoms. The fraction of sp³-hybridized carbons (Fsp3) is 0.467. The molecular formula is C15H20FNO3. The minimum absolute atomic E-state index is 0.0131. The normalized spacial score (nSPS) is 10.2. The number of benzene rings is 1. The number of hydrogen-bond donors (Lipinski definition) is 0. The van der Waals surface area contributed by atoms with E-state index in [9.17, 15) is 14.0 Å². The smallest absolute Gasteiger partial charge is 0.305 e. The van der Waals surface area contributed by atoms with E-state index in [0.717, 1.165) is 5.56 Å². The van der Waals surface area contributed by atoms with Gasteiger partial charge in [-0.15, -0.1) is 0 Å². The number of carbonyl (C=O) groups excluding carboxylic acids is 2. The molecule has 0 unspecified atom stereocenters. The Morgan fingerprint density at radius 1 is 1.20 bits per heavy atom. The van der Waals surface area contributed by atoms with Gasteiger partial charge in [0, 0.05) is 26.4 Å². The van der Waals surface area contributed by atoms with E-state index in [-0.39, 0.29) is 17.7 Å². The summed E-state index contributed by atoms with van der Waals surface area (Å²) in [7, 11) is 3.06. The number of carbonyl (C=O) groups is 2. The Morgan fingerprint density at radius 2 is 1.85 bits per heavy atom. The summed E-state index contributed by atoms with van der Waals surface area (Å²) in [5.41, 5.74) is 0.933. The molecule has 0 aliphatic heterocycles. The van der Waals surface area contributed by atoms with Crippen molar-refractivity contribution in [2.24, 2.45) is 0 Å². The first-order valence-corrected chi connectivity index (χ1v) is 6.58. The van der Waals surface area contributed by atoms with Crippen LogP contribution in [0.5, 0.6) is 0 Å². The highest BCUT2D eigenvalue weighted by molar-refractivity contribution is 5.76. The van der Waals surface area contributed by atoms with Gasteiger partial charge in [-0.3, -0.25) is 9.59 Å². The third-order valence-corrected chi connectivity index (χ3v) is 3.07. The van der Waals surface area contributed by atoms with Crippen LogP contribution in [0.3, 0.4) is 0 Å². The van der Waals surface area contributed by atoms with Crippen LogP contribution in [-0.4, -0.2) is 37.5 Å². The van der Waals surface area contributed by atoms with E-state index in [1.165, 1.54) is 19.2 Å². The van der Waals surface area contributed by atoms with Gasteiger partial charge in [-0.25, -0.2) is 4.39 Å². The summed E-state index contributed by atoms with van der Waals surface area (Å²) in [5.74, 6) is -0.531. The molecule has 1 amide bonds. The molecule has 1 rings (SSSR count). The maximum Gasteiger partial charge on any atom is 0.305 e. The first-order chi connectivity index (χ1) is 9.52. The molecule has 1 aromatic rings. The summed E-state index contributed by atoms with van der Waals surface area (Å²) in [4.78, 5) is 24.4. The Kier molecular flexibility index (Phi) is 6.70. The molecule has 1 aromatic carbocycles. The van der Waals surface area contributed by atoms with Crippen molar-refractivity contribution in [3.05, 3.63) is 35.6 Å². The molecule has 0 saturated heterocycles. The summed E-state index contributed by atoms with van der Waals surface area (Å²) in [6.07, 6.45) is 1.86. The molecular weight excluding hydrogens is 261 g/mol. The fourth-order valence-electron chi connectivity index (χ4n) is 1.78. The van der Waals surface area contributed by atoms with Crippen LogP contribution in [0, 0.1) is 5.82 Å². The Bertz CT molecular complexity index is 445. The Labute approximate surface area is 118 Å². The molecule has 0 aromatic heterocycles.